The van der Waals surface area contributed by atoms with Gasteiger partial charge in [0.2, 0.25) is 0 Å². The van der Waals surface area contributed by atoms with Gasteiger partial charge in [-0.15, -0.1) is 0 Å². The number of anilines is 1. The molecule has 104 valence electrons. The van der Waals surface area contributed by atoms with Crippen molar-refractivity contribution in [3.63, 3.8) is 0 Å². The summed E-state index contributed by atoms with van der Waals surface area (Å²) < 4.78 is 0. The number of unbranched alkanes of at least 4 members (excludes halogenated alkanes) is 1. The summed E-state index contributed by atoms with van der Waals surface area (Å²) in [7, 11) is 0. The van der Waals surface area contributed by atoms with Gasteiger partial charge in [-0.05, 0) is 36.6 Å². The van der Waals surface area contributed by atoms with Crippen LogP contribution in [0.3, 0.4) is 0 Å². The van der Waals surface area contributed by atoms with E-state index in [0.717, 1.165) is 12.1 Å². The fourth-order valence-corrected chi connectivity index (χ4v) is 1.89. The van der Waals surface area contributed by atoms with E-state index in [1.54, 1.807) is 0 Å². The molecule has 0 bridgehead atoms. The fraction of sp³-hybridized carbons (Fsp3) is 0.250. The van der Waals surface area contributed by atoms with Gasteiger partial charge in [0.15, 0.2) is 0 Å². The van der Waals surface area contributed by atoms with E-state index in [-0.39, 0.29) is 11.7 Å². The summed E-state index contributed by atoms with van der Waals surface area (Å²) >= 11 is 0. The minimum absolute atomic E-state index is 0.0208. The maximum atomic E-state index is 12.0. The van der Waals surface area contributed by atoms with Crippen LogP contribution in [0.15, 0.2) is 42.7 Å². The van der Waals surface area contributed by atoms with Gasteiger partial charge in [0.25, 0.3) is 5.91 Å². The number of carbonyl (C=O) groups is 1. The van der Waals surface area contributed by atoms with Crippen LogP contribution in [-0.4, -0.2) is 16.0 Å². The molecular formula is C16H18N2O2. The van der Waals surface area contributed by atoms with Crippen molar-refractivity contribution in [3.8, 4) is 5.75 Å². The van der Waals surface area contributed by atoms with Gasteiger partial charge in [-0.3, -0.25) is 9.78 Å². The number of nitrogens with zero attached hydrogens (tertiary/aromatic N) is 1. The first kappa shape index (κ1) is 14.1. The molecule has 1 heterocycles. The van der Waals surface area contributed by atoms with E-state index in [1.165, 1.54) is 36.9 Å². The average molecular weight is 270 g/mol. The topological polar surface area (TPSA) is 62.2 Å². The highest BCUT2D eigenvalue weighted by atomic mass is 16.3. The normalized spacial score (nSPS) is 10.2. The molecule has 0 aliphatic rings. The predicted octanol–water partition coefficient (Wildman–Crippen LogP) is 3.38. The van der Waals surface area contributed by atoms with E-state index in [0.29, 0.717) is 5.56 Å². The molecule has 1 aromatic carbocycles. The Labute approximate surface area is 118 Å². The lowest BCUT2D eigenvalue weighted by Gasteiger charge is -2.06. The quantitative estimate of drug-likeness (QED) is 0.875. The van der Waals surface area contributed by atoms with Crippen molar-refractivity contribution >= 4 is 11.6 Å². The molecule has 1 aromatic heterocycles. The second-order valence-electron chi connectivity index (χ2n) is 4.69. The molecule has 2 rings (SSSR count). The van der Waals surface area contributed by atoms with Crippen LogP contribution in [0.25, 0.3) is 0 Å². The monoisotopic (exact) mass is 270 g/mol. The number of hydrogen-bond donors (Lipinski definition) is 2. The molecule has 0 aliphatic heterocycles. The highest BCUT2D eigenvalue weighted by Gasteiger charge is 2.07. The first-order valence-corrected chi connectivity index (χ1v) is 6.73. The maximum absolute atomic E-state index is 12.0. The Morgan fingerprint density at radius 3 is 2.65 bits per heavy atom. The van der Waals surface area contributed by atoms with Crippen LogP contribution in [0.2, 0.25) is 0 Å². The summed E-state index contributed by atoms with van der Waals surface area (Å²) in [4.78, 5) is 15.7. The van der Waals surface area contributed by atoms with Crippen LogP contribution in [0.1, 0.15) is 35.7 Å². The zero-order valence-corrected chi connectivity index (χ0v) is 11.5. The van der Waals surface area contributed by atoms with Gasteiger partial charge in [-0.1, -0.05) is 25.5 Å². The Kier molecular flexibility index (Phi) is 4.71. The number of rotatable bonds is 5. The zero-order chi connectivity index (χ0) is 14.4. The third-order valence-corrected chi connectivity index (χ3v) is 3.02. The Hall–Kier alpha value is -2.36. The van der Waals surface area contributed by atoms with Gasteiger partial charge < -0.3 is 10.4 Å². The number of hydrogen-bond acceptors (Lipinski definition) is 3. The third-order valence-electron chi connectivity index (χ3n) is 3.02. The number of benzene rings is 1. The van der Waals surface area contributed by atoms with Gasteiger partial charge in [0, 0.05) is 11.9 Å². The van der Waals surface area contributed by atoms with Crippen molar-refractivity contribution < 1.29 is 9.90 Å². The Morgan fingerprint density at radius 1 is 1.25 bits per heavy atom. The average Bonchev–Trinajstić information content (AvgIpc) is 2.46. The zero-order valence-electron chi connectivity index (χ0n) is 11.5. The second kappa shape index (κ2) is 6.70. The largest absolute Gasteiger partial charge is 0.506 e. The number of aryl methyl sites for hydroxylation is 1. The Balaban J connectivity index is 2.01. The molecule has 4 heteroatoms. The molecule has 0 spiro atoms. The SMILES string of the molecule is CCCCc1ccc(NC(=O)c2cncc(O)c2)cc1. The van der Waals surface area contributed by atoms with Crippen molar-refractivity contribution in [1.29, 1.82) is 0 Å². The summed E-state index contributed by atoms with van der Waals surface area (Å²) in [5, 5.41) is 12.1. The number of pyridine rings is 1. The molecule has 1 amide bonds. The lowest BCUT2D eigenvalue weighted by molar-refractivity contribution is 0.102. The van der Waals surface area contributed by atoms with Crippen molar-refractivity contribution in [2.24, 2.45) is 0 Å². The smallest absolute Gasteiger partial charge is 0.257 e. The number of aromatic nitrogens is 1. The van der Waals surface area contributed by atoms with Crippen molar-refractivity contribution in [2.45, 2.75) is 26.2 Å². The summed E-state index contributed by atoms with van der Waals surface area (Å²) in [5.41, 5.74) is 2.34. The van der Waals surface area contributed by atoms with Gasteiger partial charge in [0.1, 0.15) is 5.75 Å². The van der Waals surface area contributed by atoms with Crippen LogP contribution < -0.4 is 5.32 Å². The lowest BCUT2D eigenvalue weighted by Crippen LogP contribution is -2.12. The molecule has 0 aliphatic carbocycles. The minimum Gasteiger partial charge on any atom is -0.506 e. The van der Waals surface area contributed by atoms with Crippen LogP contribution in [-0.2, 0) is 6.42 Å². The molecule has 4 nitrogen and oxygen atoms in total. The van der Waals surface area contributed by atoms with Crippen molar-refractivity contribution in [2.75, 3.05) is 5.32 Å². The van der Waals surface area contributed by atoms with Gasteiger partial charge in [-0.25, -0.2) is 0 Å². The number of nitrogens with one attached hydrogen (secondary N) is 1. The number of amides is 1. The molecule has 0 radical (unpaired) electrons. The van der Waals surface area contributed by atoms with Crippen LogP contribution in [0, 0.1) is 0 Å². The first-order chi connectivity index (χ1) is 9.69. The molecular weight excluding hydrogens is 252 g/mol. The van der Waals surface area contributed by atoms with E-state index in [2.05, 4.69) is 17.2 Å². The Bertz CT molecular complexity index is 579. The third kappa shape index (κ3) is 3.82. The van der Waals surface area contributed by atoms with E-state index >= 15 is 0 Å². The molecule has 0 unspecified atom stereocenters. The summed E-state index contributed by atoms with van der Waals surface area (Å²) in [6.45, 7) is 2.16. The Morgan fingerprint density at radius 2 is 2.00 bits per heavy atom. The van der Waals surface area contributed by atoms with Crippen molar-refractivity contribution in [3.05, 3.63) is 53.9 Å². The summed E-state index contributed by atoms with van der Waals surface area (Å²) in [6.07, 6.45) is 6.11. The lowest BCUT2D eigenvalue weighted by atomic mass is 10.1. The van der Waals surface area contributed by atoms with Crippen LogP contribution in [0.4, 0.5) is 5.69 Å². The van der Waals surface area contributed by atoms with E-state index < -0.39 is 0 Å². The molecule has 0 fully saturated rings. The molecule has 2 aromatic rings. The standard InChI is InChI=1S/C16H18N2O2/c1-2-3-4-12-5-7-14(8-6-12)18-16(20)13-9-15(19)11-17-10-13/h5-11,19H,2-4H2,1H3,(H,18,20). The van der Waals surface area contributed by atoms with E-state index in [4.69, 9.17) is 0 Å². The van der Waals surface area contributed by atoms with Gasteiger partial charge in [-0.2, -0.15) is 0 Å². The maximum Gasteiger partial charge on any atom is 0.257 e. The molecule has 0 atom stereocenters. The summed E-state index contributed by atoms with van der Waals surface area (Å²) in [5.74, 6) is -0.303. The molecule has 2 N–H and O–H groups in total. The molecule has 0 saturated carbocycles. The highest BCUT2D eigenvalue weighted by molar-refractivity contribution is 6.04. The number of carbonyl (C=O) groups excluding carboxylic acids is 1. The highest BCUT2D eigenvalue weighted by Crippen LogP contribution is 2.14. The molecule has 20 heavy (non-hydrogen) atoms. The van der Waals surface area contributed by atoms with Crippen LogP contribution >= 0.6 is 0 Å². The summed E-state index contributed by atoms with van der Waals surface area (Å²) in [6, 6.07) is 9.20. The minimum atomic E-state index is -0.283. The predicted molar refractivity (Wildman–Crippen MR) is 78.9 cm³/mol. The van der Waals surface area contributed by atoms with E-state index in [1.807, 2.05) is 24.3 Å². The van der Waals surface area contributed by atoms with Crippen LogP contribution in [0.5, 0.6) is 5.75 Å². The number of aromatic hydroxyl groups is 1. The second-order valence-corrected chi connectivity index (χ2v) is 4.69. The fourth-order valence-electron chi connectivity index (χ4n) is 1.89. The van der Waals surface area contributed by atoms with Gasteiger partial charge >= 0.3 is 0 Å². The first-order valence-electron chi connectivity index (χ1n) is 6.73. The molecule has 0 saturated heterocycles. The van der Waals surface area contributed by atoms with E-state index in [9.17, 15) is 9.90 Å². The van der Waals surface area contributed by atoms with Crippen molar-refractivity contribution in [1.82, 2.24) is 4.98 Å². The van der Waals surface area contributed by atoms with Gasteiger partial charge in [0.05, 0.1) is 11.8 Å².